The van der Waals surface area contributed by atoms with Gasteiger partial charge in [0.1, 0.15) is 5.82 Å². The van der Waals surface area contributed by atoms with Gasteiger partial charge in [0.2, 0.25) is 5.91 Å². The molecule has 1 aliphatic rings. The first-order valence-corrected chi connectivity index (χ1v) is 10.1. The number of hydrogen-bond donors (Lipinski definition) is 3. The first-order chi connectivity index (χ1) is 13.5. The van der Waals surface area contributed by atoms with Crippen molar-refractivity contribution >= 4 is 22.8 Å². The Morgan fingerprint density at radius 2 is 2.25 bits per heavy atom. The van der Waals surface area contributed by atoms with E-state index in [2.05, 4.69) is 20.6 Å². The van der Waals surface area contributed by atoms with Crippen molar-refractivity contribution in [2.45, 2.75) is 39.7 Å². The second-order valence-electron chi connectivity index (χ2n) is 7.58. The number of carbonyl (C=O) groups excluding carboxylic acids is 1. The van der Waals surface area contributed by atoms with Crippen molar-refractivity contribution in [3.63, 3.8) is 0 Å². The molecule has 2 heterocycles. The number of nitrogens with zero attached hydrogens (tertiary/aromatic N) is 2. The third-order valence-electron chi connectivity index (χ3n) is 5.06. The van der Waals surface area contributed by atoms with Crippen LogP contribution >= 0.6 is 0 Å². The Labute approximate surface area is 165 Å². The Hall–Kier alpha value is -2.57. The highest BCUT2D eigenvalue weighted by Gasteiger charge is 2.27. The maximum Gasteiger partial charge on any atom is 0.225 e. The minimum atomic E-state index is -0.228. The number of guanidine groups is 1. The summed E-state index contributed by atoms with van der Waals surface area (Å²) in [6.07, 6.45) is 3.57. The Bertz CT molecular complexity index is 844. The number of aromatic amines is 1. The molecule has 0 spiro atoms. The maximum absolute atomic E-state index is 13.5. The van der Waals surface area contributed by atoms with Crippen molar-refractivity contribution < 1.29 is 9.18 Å². The monoisotopic (exact) mass is 387 g/mol. The maximum atomic E-state index is 13.5. The summed E-state index contributed by atoms with van der Waals surface area (Å²) in [6, 6.07) is 4.99. The van der Waals surface area contributed by atoms with Crippen molar-refractivity contribution in [1.29, 1.82) is 0 Å². The van der Waals surface area contributed by atoms with E-state index in [4.69, 9.17) is 0 Å². The van der Waals surface area contributed by atoms with Gasteiger partial charge in [0.05, 0.1) is 0 Å². The van der Waals surface area contributed by atoms with Gasteiger partial charge in [0.15, 0.2) is 5.96 Å². The normalized spacial score (nSPS) is 17.5. The molecular weight excluding hydrogens is 357 g/mol. The van der Waals surface area contributed by atoms with E-state index in [1.54, 1.807) is 12.1 Å². The van der Waals surface area contributed by atoms with Crippen LogP contribution in [-0.2, 0) is 11.2 Å². The summed E-state index contributed by atoms with van der Waals surface area (Å²) in [6.45, 7) is 8.77. The summed E-state index contributed by atoms with van der Waals surface area (Å²) in [7, 11) is 0. The van der Waals surface area contributed by atoms with Crippen LogP contribution in [-0.4, -0.2) is 54.0 Å². The van der Waals surface area contributed by atoms with Gasteiger partial charge in [-0.1, -0.05) is 13.8 Å². The Morgan fingerprint density at radius 1 is 1.43 bits per heavy atom. The topological polar surface area (TPSA) is 72.5 Å². The molecule has 0 saturated carbocycles. The van der Waals surface area contributed by atoms with Gasteiger partial charge in [0, 0.05) is 55.2 Å². The molecule has 3 N–H and O–H groups in total. The van der Waals surface area contributed by atoms with Crippen LogP contribution in [0.1, 0.15) is 32.8 Å². The molecular formula is C21H30FN5O. The van der Waals surface area contributed by atoms with Crippen LogP contribution in [0.2, 0.25) is 0 Å². The average molecular weight is 388 g/mol. The lowest BCUT2D eigenvalue weighted by Crippen LogP contribution is -2.45. The van der Waals surface area contributed by atoms with Crippen molar-refractivity contribution in [1.82, 2.24) is 20.5 Å². The number of nitrogens with one attached hydrogen (secondary N) is 3. The fraction of sp³-hybridized carbons (Fsp3) is 0.524. The molecule has 0 radical (unpaired) electrons. The third kappa shape index (κ3) is 4.82. The molecule has 152 valence electrons. The van der Waals surface area contributed by atoms with E-state index in [1.165, 1.54) is 6.07 Å². The Balaban J connectivity index is 1.58. The van der Waals surface area contributed by atoms with Crippen molar-refractivity contribution in [3.8, 4) is 0 Å². The molecule has 2 aromatic rings. The molecule has 0 bridgehead atoms. The lowest BCUT2D eigenvalue weighted by Gasteiger charge is -2.20. The van der Waals surface area contributed by atoms with Gasteiger partial charge in [0.25, 0.3) is 0 Å². The molecule has 0 aliphatic carbocycles. The molecule has 1 amide bonds. The highest BCUT2D eigenvalue weighted by atomic mass is 19.1. The zero-order valence-electron chi connectivity index (χ0n) is 16.9. The standard InChI is InChI=1S/C21H30FN5O/c1-4-23-21(26-17-8-10-27(13-17)20(28)14(2)3)24-9-7-15-12-25-19-6-5-16(22)11-18(15)19/h5-6,11-12,14,17,25H,4,7-10,13H2,1-3H3,(H2,23,24,26). The second-order valence-corrected chi connectivity index (χ2v) is 7.58. The molecule has 1 saturated heterocycles. The quantitative estimate of drug-likeness (QED) is 0.527. The van der Waals surface area contributed by atoms with E-state index in [9.17, 15) is 9.18 Å². The van der Waals surface area contributed by atoms with Crippen molar-refractivity contribution in [2.24, 2.45) is 10.9 Å². The van der Waals surface area contributed by atoms with Gasteiger partial charge < -0.3 is 20.5 Å². The van der Waals surface area contributed by atoms with Crippen LogP contribution in [0.15, 0.2) is 29.4 Å². The van der Waals surface area contributed by atoms with E-state index in [0.717, 1.165) is 48.4 Å². The van der Waals surface area contributed by atoms with E-state index in [-0.39, 0.29) is 23.7 Å². The number of carbonyl (C=O) groups is 1. The second kappa shape index (κ2) is 9.08. The van der Waals surface area contributed by atoms with Crippen LogP contribution in [0.3, 0.4) is 0 Å². The summed E-state index contributed by atoms with van der Waals surface area (Å²) in [5.74, 6) is 0.769. The summed E-state index contributed by atoms with van der Waals surface area (Å²) < 4.78 is 13.5. The summed E-state index contributed by atoms with van der Waals surface area (Å²) in [5, 5.41) is 7.62. The number of rotatable bonds is 6. The summed E-state index contributed by atoms with van der Waals surface area (Å²) in [5.41, 5.74) is 2.00. The number of H-pyrrole nitrogens is 1. The fourth-order valence-electron chi connectivity index (χ4n) is 3.60. The predicted molar refractivity (Wildman–Crippen MR) is 111 cm³/mol. The summed E-state index contributed by atoms with van der Waals surface area (Å²) >= 11 is 0. The fourth-order valence-corrected chi connectivity index (χ4v) is 3.60. The molecule has 1 atom stereocenters. The predicted octanol–water partition coefficient (Wildman–Crippen LogP) is 2.66. The molecule has 6 nitrogen and oxygen atoms in total. The minimum Gasteiger partial charge on any atom is -0.361 e. The molecule has 3 rings (SSSR count). The number of hydrogen-bond acceptors (Lipinski definition) is 2. The number of aliphatic imine (C=N–C) groups is 1. The number of fused-ring (bicyclic) bond motifs is 1. The number of halogens is 1. The number of likely N-dealkylation sites (tertiary alicyclic amines) is 1. The molecule has 1 aliphatic heterocycles. The van der Waals surface area contributed by atoms with Gasteiger partial charge in [-0.15, -0.1) is 0 Å². The minimum absolute atomic E-state index is 0.0293. The summed E-state index contributed by atoms with van der Waals surface area (Å²) in [4.78, 5) is 21.9. The van der Waals surface area contributed by atoms with Gasteiger partial charge in [-0.3, -0.25) is 9.79 Å². The zero-order chi connectivity index (χ0) is 20.1. The number of amides is 1. The van der Waals surface area contributed by atoms with E-state index >= 15 is 0 Å². The first-order valence-electron chi connectivity index (χ1n) is 10.1. The van der Waals surface area contributed by atoms with Gasteiger partial charge in [-0.2, -0.15) is 0 Å². The molecule has 1 aromatic carbocycles. The van der Waals surface area contributed by atoms with Crippen LogP contribution in [0, 0.1) is 11.7 Å². The highest BCUT2D eigenvalue weighted by Crippen LogP contribution is 2.20. The lowest BCUT2D eigenvalue weighted by molar-refractivity contribution is -0.133. The SMILES string of the molecule is CCNC(=NCCc1c[nH]c2ccc(F)cc12)NC1CCN(C(=O)C(C)C)C1. The number of aromatic nitrogens is 1. The van der Waals surface area contributed by atoms with E-state index in [1.807, 2.05) is 31.9 Å². The van der Waals surface area contributed by atoms with E-state index < -0.39 is 0 Å². The van der Waals surface area contributed by atoms with Crippen LogP contribution in [0.25, 0.3) is 10.9 Å². The van der Waals surface area contributed by atoms with Crippen LogP contribution in [0.4, 0.5) is 4.39 Å². The van der Waals surface area contributed by atoms with Gasteiger partial charge in [-0.05, 0) is 43.5 Å². The van der Waals surface area contributed by atoms with Crippen LogP contribution in [0.5, 0.6) is 0 Å². The third-order valence-corrected chi connectivity index (χ3v) is 5.06. The van der Waals surface area contributed by atoms with E-state index in [0.29, 0.717) is 13.1 Å². The largest absolute Gasteiger partial charge is 0.361 e. The average Bonchev–Trinajstić information content (AvgIpc) is 3.28. The Kier molecular flexibility index (Phi) is 6.54. The number of benzene rings is 1. The molecule has 7 heteroatoms. The van der Waals surface area contributed by atoms with Crippen LogP contribution < -0.4 is 10.6 Å². The zero-order valence-corrected chi connectivity index (χ0v) is 16.9. The van der Waals surface area contributed by atoms with Crippen molar-refractivity contribution in [3.05, 3.63) is 35.8 Å². The van der Waals surface area contributed by atoms with Gasteiger partial charge >= 0.3 is 0 Å². The lowest BCUT2D eigenvalue weighted by atomic mass is 10.1. The molecule has 1 fully saturated rings. The smallest absolute Gasteiger partial charge is 0.225 e. The molecule has 1 unspecified atom stereocenters. The molecule has 28 heavy (non-hydrogen) atoms. The molecule has 1 aromatic heterocycles. The first kappa shape index (κ1) is 20.2. The Morgan fingerprint density at radius 3 is 3.00 bits per heavy atom. The van der Waals surface area contributed by atoms with Gasteiger partial charge in [-0.25, -0.2) is 4.39 Å². The highest BCUT2D eigenvalue weighted by molar-refractivity contribution is 5.83. The van der Waals surface area contributed by atoms with Crippen molar-refractivity contribution in [2.75, 3.05) is 26.2 Å².